The number of rotatable bonds is 3. The van der Waals surface area contributed by atoms with E-state index in [1.807, 2.05) is 18.5 Å². The van der Waals surface area contributed by atoms with Crippen molar-refractivity contribution < 1.29 is 0 Å². The number of anilines is 2. The molecule has 0 fully saturated rings. The lowest BCUT2D eigenvalue weighted by Crippen LogP contribution is -2.30. The van der Waals surface area contributed by atoms with Crippen molar-refractivity contribution in [2.45, 2.75) is 38.6 Å². The third-order valence-electron chi connectivity index (χ3n) is 6.59. The summed E-state index contributed by atoms with van der Waals surface area (Å²) in [5, 5.41) is 3.80. The molecule has 32 heavy (non-hydrogen) atoms. The molecule has 0 spiro atoms. The van der Waals surface area contributed by atoms with E-state index in [2.05, 4.69) is 96.8 Å². The standard InChI is InChI=1S/C29H29N3/c1-19(2)32-27-10-6-5-9-25(27)31-26-17-24(22-13-11-20(3)12-14-22)16-21(4)28(26)29(32)23-8-7-15-30-18-23/h5-15,18,24,29,31H,1,4,16-17H2,2-3H3. The summed E-state index contributed by atoms with van der Waals surface area (Å²) < 4.78 is 0. The molecule has 0 bridgehead atoms. The number of aryl methyl sites for hydroxylation is 1. The fourth-order valence-electron chi connectivity index (χ4n) is 5.10. The molecule has 2 atom stereocenters. The van der Waals surface area contributed by atoms with Crippen LogP contribution in [0.25, 0.3) is 0 Å². The summed E-state index contributed by atoms with van der Waals surface area (Å²) in [4.78, 5) is 6.78. The molecular weight excluding hydrogens is 390 g/mol. The molecule has 1 aliphatic carbocycles. The monoisotopic (exact) mass is 419 g/mol. The number of hydrogen-bond donors (Lipinski definition) is 1. The molecule has 0 saturated heterocycles. The van der Waals surface area contributed by atoms with Gasteiger partial charge in [0.1, 0.15) is 0 Å². The second-order valence-electron chi connectivity index (χ2n) is 8.95. The number of allylic oxidation sites excluding steroid dienone is 2. The van der Waals surface area contributed by atoms with E-state index in [0.29, 0.717) is 5.92 Å². The van der Waals surface area contributed by atoms with Gasteiger partial charge in [0.05, 0.1) is 17.4 Å². The minimum Gasteiger partial charge on any atom is -0.357 e. The number of nitrogens with zero attached hydrogens (tertiary/aromatic N) is 2. The van der Waals surface area contributed by atoms with Crippen molar-refractivity contribution in [2.75, 3.05) is 10.2 Å². The molecule has 0 radical (unpaired) electrons. The van der Waals surface area contributed by atoms with Gasteiger partial charge in [-0.15, -0.1) is 0 Å². The Hall–Kier alpha value is -3.59. The van der Waals surface area contributed by atoms with E-state index < -0.39 is 0 Å². The van der Waals surface area contributed by atoms with E-state index >= 15 is 0 Å². The zero-order valence-corrected chi connectivity index (χ0v) is 18.8. The van der Waals surface area contributed by atoms with Gasteiger partial charge in [-0.3, -0.25) is 4.98 Å². The molecule has 2 heterocycles. The molecule has 2 aromatic carbocycles. The van der Waals surface area contributed by atoms with Gasteiger partial charge >= 0.3 is 0 Å². The number of benzene rings is 2. The van der Waals surface area contributed by atoms with Crippen LogP contribution in [0.5, 0.6) is 0 Å². The third kappa shape index (κ3) is 3.54. The van der Waals surface area contributed by atoms with Crippen LogP contribution in [0, 0.1) is 6.92 Å². The van der Waals surface area contributed by atoms with Gasteiger partial charge in [-0.1, -0.05) is 61.2 Å². The second-order valence-corrected chi connectivity index (χ2v) is 8.95. The van der Waals surface area contributed by atoms with Crippen LogP contribution in [0.1, 0.15) is 48.4 Å². The van der Waals surface area contributed by atoms with E-state index in [0.717, 1.165) is 35.5 Å². The van der Waals surface area contributed by atoms with Crippen molar-refractivity contribution in [3.63, 3.8) is 0 Å². The first-order valence-electron chi connectivity index (χ1n) is 11.2. The Balaban J connectivity index is 1.68. The maximum atomic E-state index is 4.59. The first-order chi connectivity index (χ1) is 15.5. The van der Waals surface area contributed by atoms with Crippen LogP contribution in [-0.2, 0) is 0 Å². The summed E-state index contributed by atoms with van der Waals surface area (Å²) in [6.45, 7) is 13.2. The van der Waals surface area contributed by atoms with Gasteiger partial charge in [-0.05, 0) is 67.5 Å². The van der Waals surface area contributed by atoms with Crippen molar-refractivity contribution >= 4 is 11.4 Å². The highest BCUT2D eigenvalue weighted by Gasteiger charge is 2.37. The van der Waals surface area contributed by atoms with Crippen molar-refractivity contribution in [3.05, 3.63) is 125 Å². The number of hydrogen-bond acceptors (Lipinski definition) is 3. The molecule has 0 amide bonds. The summed E-state index contributed by atoms with van der Waals surface area (Å²) >= 11 is 0. The summed E-state index contributed by atoms with van der Waals surface area (Å²) in [6.07, 6.45) is 5.70. The van der Waals surface area contributed by atoms with Crippen LogP contribution in [0.2, 0.25) is 0 Å². The third-order valence-corrected chi connectivity index (χ3v) is 6.59. The number of pyridine rings is 1. The SMILES string of the molecule is C=C1CC(c2ccc(C)cc2)CC2=C1C(c1cccnc1)N(C(=C)C)c1ccccc1N2. The number of aromatic nitrogens is 1. The fraction of sp³-hybridized carbons (Fsp3) is 0.207. The van der Waals surface area contributed by atoms with Gasteiger partial charge in [-0.2, -0.15) is 0 Å². The molecule has 3 nitrogen and oxygen atoms in total. The lowest BCUT2D eigenvalue weighted by molar-refractivity contribution is 0.621. The summed E-state index contributed by atoms with van der Waals surface area (Å²) in [5.41, 5.74) is 10.7. The maximum absolute atomic E-state index is 4.59. The highest BCUT2D eigenvalue weighted by molar-refractivity contribution is 5.78. The normalized spacial score (nSPS) is 20.2. The highest BCUT2D eigenvalue weighted by Crippen LogP contribution is 2.50. The highest BCUT2D eigenvalue weighted by atomic mass is 15.2. The average Bonchev–Trinajstić information content (AvgIpc) is 2.94. The molecule has 5 rings (SSSR count). The van der Waals surface area contributed by atoms with E-state index in [-0.39, 0.29) is 6.04 Å². The summed E-state index contributed by atoms with van der Waals surface area (Å²) in [5.74, 6) is 0.410. The van der Waals surface area contributed by atoms with Gasteiger partial charge in [0.25, 0.3) is 0 Å². The smallest absolute Gasteiger partial charge is 0.0876 e. The van der Waals surface area contributed by atoms with Crippen molar-refractivity contribution in [1.82, 2.24) is 4.98 Å². The van der Waals surface area contributed by atoms with E-state index in [4.69, 9.17) is 0 Å². The Morgan fingerprint density at radius 2 is 1.78 bits per heavy atom. The zero-order chi connectivity index (χ0) is 22.2. The Morgan fingerprint density at radius 3 is 2.50 bits per heavy atom. The van der Waals surface area contributed by atoms with E-state index in [9.17, 15) is 0 Å². The predicted molar refractivity (Wildman–Crippen MR) is 134 cm³/mol. The Kier molecular flexibility index (Phi) is 5.18. The number of fused-ring (bicyclic) bond motifs is 1. The predicted octanol–water partition coefficient (Wildman–Crippen LogP) is 7.28. The van der Waals surface area contributed by atoms with Crippen LogP contribution in [-0.4, -0.2) is 4.98 Å². The maximum Gasteiger partial charge on any atom is 0.0876 e. The van der Waals surface area contributed by atoms with Crippen LogP contribution >= 0.6 is 0 Å². The average molecular weight is 420 g/mol. The Morgan fingerprint density at radius 1 is 1.00 bits per heavy atom. The molecular formula is C29H29N3. The van der Waals surface area contributed by atoms with Crippen molar-refractivity contribution in [1.29, 1.82) is 0 Å². The van der Waals surface area contributed by atoms with Gasteiger partial charge < -0.3 is 10.2 Å². The van der Waals surface area contributed by atoms with Crippen molar-refractivity contribution in [3.8, 4) is 0 Å². The summed E-state index contributed by atoms with van der Waals surface area (Å²) in [7, 11) is 0. The molecule has 3 heteroatoms. The minimum absolute atomic E-state index is 0.0150. The Bertz CT molecular complexity index is 1200. The molecule has 1 aliphatic heterocycles. The van der Waals surface area contributed by atoms with Gasteiger partial charge in [0.2, 0.25) is 0 Å². The molecule has 3 aromatic rings. The van der Waals surface area contributed by atoms with Crippen LogP contribution in [0.15, 0.2) is 109 Å². The number of nitrogens with one attached hydrogen (secondary N) is 1. The first-order valence-corrected chi connectivity index (χ1v) is 11.2. The number of para-hydroxylation sites is 2. The van der Waals surface area contributed by atoms with Crippen molar-refractivity contribution in [2.24, 2.45) is 0 Å². The molecule has 1 N–H and O–H groups in total. The largest absolute Gasteiger partial charge is 0.357 e. The molecule has 1 aromatic heterocycles. The van der Waals surface area contributed by atoms with E-state index in [1.165, 1.54) is 28.0 Å². The second kappa shape index (κ2) is 8.16. The molecule has 160 valence electrons. The lowest BCUT2D eigenvalue weighted by Gasteiger charge is -2.38. The quantitative estimate of drug-likeness (QED) is 0.483. The van der Waals surface area contributed by atoms with Crippen LogP contribution in [0.4, 0.5) is 11.4 Å². The summed E-state index contributed by atoms with van der Waals surface area (Å²) in [6, 6.07) is 21.6. The van der Waals surface area contributed by atoms with Gasteiger partial charge in [0.15, 0.2) is 0 Å². The first kappa shape index (κ1) is 20.3. The molecule has 0 saturated carbocycles. The van der Waals surface area contributed by atoms with Gasteiger partial charge in [0, 0.05) is 29.4 Å². The van der Waals surface area contributed by atoms with Gasteiger partial charge in [-0.25, -0.2) is 0 Å². The van der Waals surface area contributed by atoms with E-state index in [1.54, 1.807) is 0 Å². The minimum atomic E-state index is -0.0150. The Labute approximate surface area is 190 Å². The zero-order valence-electron chi connectivity index (χ0n) is 18.8. The topological polar surface area (TPSA) is 28.2 Å². The van der Waals surface area contributed by atoms with Crippen LogP contribution < -0.4 is 10.2 Å². The molecule has 2 unspecified atom stereocenters. The molecule has 2 aliphatic rings. The fourth-order valence-corrected chi connectivity index (χ4v) is 5.10. The van der Waals surface area contributed by atoms with Crippen LogP contribution in [0.3, 0.4) is 0 Å². The lowest BCUT2D eigenvalue weighted by atomic mass is 9.76.